The smallest absolute Gasteiger partial charge is 0.151 e. The summed E-state index contributed by atoms with van der Waals surface area (Å²) in [6, 6.07) is 0. The van der Waals surface area contributed by atoms with E-state index in [9.17, 15) is 9.90 Å². The van der Waals surface area contributed by atoms with Crippen molar-refractivity contribution in [2.75, 3.05) is 6.61 Å². The number of carbonyl (C=O) groups excluding carboxylic acids is 1. The lowest BCUT2D eigenvalue weighted by atomic mass is 10.0. The summed E-state index contributed by atoms with van der Waals surface area (Å²) < 4.78 is 0. The normalized spacial score (nSPS) is 15.3. The summed E-state index contributed by atoms with van der Waals surface area (Å²) in [4.78, 5) is 10.5. The predicted octanol–water partition coefficient (Wildman–Crippen LogP) is -0.0528. The van der Waals surface area contributed by atoms with Crippen molar-refractivity contribution < 1.29 is 20.1 Å². The maximum absolute atomic E-state index is 10.5. The summed E-state index contributed by atoms with van der Waals surface area (Å²) in [5.74, 6) is 0. The molecule has 0 bridgehead atoms. The third kappa shape index (κ3) is 2.13. The van der Waals surface area contributed by atoms with Crippen molar-refractivity contribution in [1.82, 2.24) is 0 Å². The highest BCUT2D eigenvalue weighted by atomic mass is 32.1. The van der Waals surface area contributed by atoms with E-state index in [1.807, 2.05) is 0 Å². The Morgan fingerprint density at radius 2 is 2.15 bits per heavy atom. The zero-order valence-corrected chi connectivity index (χ0v) is 7.57. The van der Waals surface area contributed by atoms with Gasteiger partial charge >= 0.3 is 0 Å². The van der Waals surface area contributed by atoms with Gasteiger partial charge in [-0.2, -0.15) is 11.3 Å². The van der Waals surface area contributed by atoms with Crippen LogP contribution in [0.3, 0.4) is 0 Å². The lowest BCUT2D eigenvalue weighted by Gasteiger charge is -2.14. The average Bonchev–Trinajstić information content (AvgIpc) is 2.62. The maximum atomic E-state index is 10.5. The summed E-state index contributed by atoms with van der Waals surface area (Å²) >= 11 is 1.26. The molecule has 0 saturated heterocycles. The standard InChI is InChI=1S/C8H10O4S/c9-1-5-3-13-4-6(5)8(12)7(11)2-10/h1,3-4,7-8,10-12H,2H2. The highest BCUT2D eigenvalue weighted by molar-refractivity contribution is 7.08. The van der Waals surface area contributed by atoms with Crippen molar-refractivity contribution in [3.05, 3.63) is 21.9 Å². The first kappa shape index (κ1) is 10.3. The van der Waals surface area contributed by atoms with Gasteiger partial charge < -0.3 is 15.3 Å². The van der Waals surface area contributed by atoms with E-state index in [1.165, 1.54) is 11.3 Å². The number of aliphatic hydroxyl groups is 3. The second-order valence-electron chi connectivity index (χ2n) is 2.60. The molecule has 0 fully saturated rings. The van der Waals surface area contributed by atoms with E-state index in [2.05, 4.69) is 0 Å². The third-order valence-electron chi connectivity index (χ3n) is 1.72. The van der Waals surface area contributed by atoms with Gasteiger partial charge in [-0.25, -0.2) is 0 Å². The van der Waals surface area contributed by atoms with E-state index in [1.54, 1.807) is 10.8 Å². The van der Waals surface area contributed by atoms with E-state index >= 15 is 0 Å². The fraction of sp³-hybridized carbons (Fsp3) is 0.375. The van der Waals surface area contributed by atoms with Crippen LogP contribution in [0.25, 0.3) is 0 Å². The first-order chi connectivity index (χ1) is 6.20. The van der Waals surface area contributed by atoms with Gasteiger partial charge in [0.2, 0.25) is 0 Å². The molecule has 0 aliphatic heterocycles. The fourth-order valence-electron chi connectivity index (χ4n) is 0.960. The van der Waals surface area contributed by atoms with Crippen molar-refractivity contribution in [3.63, 3.8) is 0 Å². The molecule has 0 saturated carbocycles. The van der Waals surface area contributed by atoms with Crippen molar-refractivity contribution in [2.45, 2.75) is 12.2 Å². The first-order valence-electron chi connectivity index (χ1n) is 3.69. The molecule has 13 heavy (non-hydrogen) atoms. The van der Waals surface area contributed by atoms with Crippen LogP contribution in [0.1, 0.15) is 22.0 Å². The van der Waals surface area contributed by atoms with Crippen LogP contribution in [-0.4, -0.2) is 34.3 Å². The molecule has 72 valence electrons. The van der Waals surface area contributed by atoms with E-state index in [0.29, 0.717) is 17.4 Å². The summed E-state index contributed by atoms with van der Waals surface area (Å²) in [6.07, 6.45) is -1.83. The summed E-state index contributed by atoms with van der Waals surface area (Å²) in [5, 5.41) is 30.3. The van der Waals surface area contributed by atoms with Crippen molar-refractivity contribution in [2.24, 2.45) is 0 Å². The number of hydrogen-bond donors (Lipinski definition) is 3. The molecule has 1 rings (SSSR count). The van der Waals surface area contributed by atoms with E-state index in [0.717, 1.165) is 0 Å². The first-order valence-corrected chi connectivity index (χ1v) is 4.63. The Kier molecular flexibility index (Phi) is 3.56. The lowest BCUT2D eigenvalue weighted by Crippen LogP contribution is -2.22. The predicted molar refractivity (Wildman–Crippen MR) is 47.8 cm³/mol. The van der Waals surface area contributed by atoms with Gasteiger partial charge in [-0.15, -0.1) is 0 Å². The Balaban J connectivity index is 2.87. The maximum Gasteiger partial charge on any atom is 0.151 e. The van der Waals surface area contributed by atoms with Gasteiger partial charge in [-0.1, -0.05) is 0 Å². The molecule has 4 nitrogen and oxygen atoms in total. The van der Waals surface area contributed by atoms with Gasteiger partial charge in [0.15, 0.2) is 6.29 Å². The van der Waals surface area contributed by atoms with Gasteiger partial charge in [0.25, 0.3) is 0 Å². The molecule has 1 aromatic heterocycles. The molecule has 2 atom stereocenters. The van der Waals surface area contributed by atoms with Crippen LogP contribution in [0.2, 0.25) is 0 Å². The molecule has 1 aromatic rings. The summed E-state index contributed by atoms with van der Waals surface area (Å²) in [6.45, 7) is -0.532. The Labute approximate surface area is 79.1 Å². The van der Waals surface area contributed by atoms with Crippen LogP contribution >= 0.6 is 11.3 Å². The number of thiophene rings is 1. The largest absolute Gasteiger partial charge is 0.394 e. The minimum absolute atomic E-state index is 0.352. The summed E-state index contributed by atoms with van der Waals surface area (Å²) in [5.41, 5.74) is 0.714. The fourth-order valence-corrected chi connectivity index (χ4v) is 1.79. The molecule has 0 aliphatic carbocycles. The quantitative estimate of drug-likeness (QED) is 0.598. The van der Waals surface area contributed by atoms with Crippen molar-refractivity contribution >= 4 is 17.6 Å². The van der Waals surface area contributed by atoms with Crippen LogP contribution in [0.4, 0.5) is 0 Å². The van der Waals surface area contributed by atoms with Crippen molar-refractivity contribution in [3.8, 4) is 0 Å². The lowest BCUT2D eigenvalue weighted by molar-refractivity contribution is -0.0152. The monoisotopic (exact) mass is 202 g/mol. The molecule has 5 heteroatoms. The van der Waals surface area contributed by atoms with Gasteiger partial charge in [0, 0.05) is 16.5 Å². The van der Waals surface area contributed by atoms with Gasteiger partial charge in [0.1, 0.15) is 12.2 Å². The van der Waals surface area contributed by atoms with Gasteiger partial charge in [-0.3, -0.25) is 4.79 Å². The van der Waals surface area contributed by atoms with E-state index in [4.69, 9.17) is 10.2 Å². The van der Waals surface area contributed by atoms with E-state index in [-0.39, 0.29) is 0 Å². The van der Waals surface area contributed by atoms with Crippen LogP contribution in [0, 0.1) is 0 Å². The van der Waals surface area contributed by atoms with E-state index < -0.39 is 18.8 Å². The van der Waals surface area contributed by atoms with Gasteiger partial charge in [0.05, 0.1) is 6.61 Å². The van der Waals surface area contributed by atoms with Gasteiger partial charge in [-0.05, 0) is 5.38 Å². The molecular formula is C8H10O4S. The van der Waals surface area contributed by atoms with Crippen LogP contribution < -0.4 is 0 Å². The zero-order chi connectivity index (χ0) is 9.84. The molecule has 0 amide bonds. The highest BCUT2D eigenvalue weighted by Crippen LogP contribution is 2.23. The number of hydrogen-bond acceptors (Lipinski definition) is 5. The molecule has 1 heterocycles. The van der Waals surface area contributed by atoms with Crippen molar-refractivity contribution in [1.29, 1.82) is 0 Å². The topological polar surface area (TPSA) is 77.8 Å². The Bertz CT molecular complexity index is 283. The molecular weight excluding hydrogens is 192 g/mol. The zero-order valence-electron chi connectivity index (χ0n) is 6.75. The molecule has 2 unspecified atom stereocenters. The second kappa shape index (κ2) is 4.48. The van der Waals surface area contributed by atoms with Crippen LogP contribution in [-0.2, 0) is 0 Å². The molecule has 0 spiro atoms. The minimum atomic E-state index is -1.24. The second-order valence-corrected chi connectivity index (χ2v) is 3.34. The Morgan fingerprint density at radius 3 is 2.69 bits per heavy atom. The molecule has 0 radical (unpaired) electrons. The SMILES string of the molecule is O=Cc1cscc1C(O)C(O)CO. The number of aliphatic hydroxyl groups excluding tert-OH is 3. The Morgan fingerprint density at radius 1 is 1.46 bits per heavy atom. The summed E-state index contributed by atoms with van der Waals surface area (Å²) in [7, 11) is 0. The number of rotatable bonds is 4. The molecule has 0 aliphatic rings. The highest BCUT2D eigenvalue weighted by Gasteiger charge is 2.20. The minimum Gasteiger partial charge on any atom is -0.394 e. The Hall–Kier alpha value is -0.750. The van der Waals surface area contributed by atoms with Crippen LogP contribution in [0.5, 0.6) is 0 Å². The third-order valence-corrected chi connectivity index (χ3v) is 2.50. The van der Waals surface area contributed by atoms with Crippen LogP contribution in [0.15, 0.2) is 10.8 Å². The number of carbonyl (C=O) groups is 1. The average molecular weight is 202 g/mol. The molecule has 3 N–H and O–H groups in total. The molecule has 0 aromatic carbocycles. The number of aldehydes is 1.